The summed E-state index contributed by atoms with van der Waals surface area (Å²) in [5, 5.41) is 9.72. The maximum Gasteiger partial charge on any atom is 0.271 e. The molecular weight excluding hydrogens is 264 g/mol. The van der Waals surface area contributed by atoms with Crippen LogP contribution in [-0.4, -0.2) is 22.1 Å². The van der Waals surface area contributed by atoms with Crippen LogP contribution in [0.4, 0.5) is 5.69 Å². The molecule has 1 heterocycles. The van der Waals surface area contributed by atoms with Crippen LogP contribution in [0.25, 0.3) is 0 Å². The first-order valence-corrected chi connectivity index (χ1v) is 8.15. The van der Waals surface area contributed by atoms with Crippen molar-refractivity contribution in [2.24, 2.45) is 23.2 Å². The van der Waals surface area contributed by atoms with Crippen molar-refractivity contribution in [3.05, 3.63) is 11.9 Å². The van der Waals surface area contributed by atoms with Gasteiger partial charge in [-0.05, 0) is 68.6 Å². The van der Waals surface area contributed by atoms with Gasteiger partial charge in [0.2, 0.25) is 0 Å². The smallest absolute Gasteiger partial charge is 0.271 e. The van der Waals surface area contributed by atoms with E-state index in [2.05, 4.69) is 22.4 Å². The molecule has 1 atom stereocenters. The van der Waals surface area contributed by atoms with Crippen molar-refractivity contribution in [3.8, 4) is 0 Å². The summed E-state index contributed by atoms with van der Waals surface area (Å²) in [7, 11) is 0. The predicted octanol–water partition coefficient (Wildman–Crippen LogP) is 2.33. The summed E-state index contributed by atoms with van der Waals surface area (Å²) in [6.45, 7) is 2.18. The van der Waals surface area contributed by atoms with Gasteiger partial charge >= 0.3 is 0 Å². The highest BCUT2D eigenvalue weighted by molar-refractivity contribution is 5.97. The molecule has 0 saturated heterocycles. The highest BCUT2D eigenvalue weighted by Gasteiger charge is 2.53. The van der Waals surface area contributed by atoms with Crippen LogP contribution >= 0.6 is 0 Å². The van der Waals surface area contributed by atoms with Gasteiger partial charge in [0.1, 0.15) is 5.69 Å². The number of aromatic nitrogens is 2. The van der Waals surface area contributed by atoms with E-state index in [0.717, 1.165) is 17.8 Å². The molecule has 4 fully saturated rings. The molecule has 0 spiro atoms. The summed E-state index contributed by atoms with van der Waals surface area (Å²) >= 11 is 0. The number of carbonyl (C=O) groups is 1. The van der Waals surface area contributed by atoms with Crippen LogP contribution in [0.15, 0.2) is 6.20 Å². The zero-order valence-electron chi connectivity index (χ0n) is 12.6. The number of aromatic amines is 1. The van der Waals surface area contributed by atoms with Crippen LogP contribution in [0.1, 0.15) is 55.9 Å². The number of hydrogen-bond acceptors (Lipinski definition) is 3. The molecule has 4 bridgehead atoms. The molecule has 1 unspecified atom stereocenters. The largest absolute Gasteiger partial charge is 0.396 e. The average molecular weight is 288 g/mol. The molecule has 5 heteroatoms. The number of rotatable bonds is 3. The minimum Gasteiger partial charge on any atom is -0.396 e. The minimum atomic E-state index is -0.117. The monoisotopic (exact) mass is 288 g/mol. The van der Waals surface area contributed by atoms with E-state index < -0.39 is 0 Å². The molecule has 5 nitrogen and oxygen atoms in total. The maximum atomic E-state index is 12.4. The zero-order chi connectivity index (χ0) is 14.6. The van der Waals surface area contributed by atoms with Crippen molar-refractivity contribution in [1.29, 1.82) is 0 Å². The first-order chi connectivity index (χ1) is 10.1. The Hall–Kier alpha value is -1.52. The van der Waals surface area contributed by atoms with Gasteiger partial charge in [0, 0.05) is 6.04 Å². The third-order valence-electron chi connectivity index (χ3n) is 6.25. The van der Waals surface area contributed by atoms with Crippen LogP contribution < -0.4 is 11.1 Å². The summed E-state index contributed by atoms with van der Waals surface area (Å²) in [4.78, 5) is 12.4. The molecule has 4 saturated carbocycles. The van der Waals surface area contributed by atoms with Crippen molar-refractivity contribution in [1.82, 2.24) is 15.5 Å². The topological polar surface area (TPSA) is 83.8 Å². The summed E-state index contributed by atoms with van der Waals surface area (Å²) in [6, 6.07) is 0.209. The molecule has 1 aromatic heterocycles. The highest BCUT2D eigenvalue weighted by Crippen LogP contribution is 2.61. The molecule has 114 valence electrons. The van der Waals surface area contributed by atoms with E-state index in [1.165, 1.54) is 44.7 Å². The molecule has 1 aromatic rings. The van der Waals surface area contributed by atoms with Gasteiger partial charge in [-0.15, -0.1) is 0 Å². The van der Waals surface area contributed by atoms with Crippen LogP contribution in [-0.2, 0) is 0 Å². The molecule has 5 rings (SSSR count). The fraction of sp³-hybridized carbons (Fsp3) is 0.750. The zero-order valence-corrected chi connectivity index (χ0v) is 12.6. The summed E-state index contributed by atoms with van der Waals surface area (Å²) in [5.41, 5.74) is 6.90. The van der Waals surface area contributed by atoms with Gasteiger partial charge in [-0.25, -0.2) is 0 Å². The molecule has 0 aromatic carbocycles. The maximum absolute atomic E-state index is 12.4. The van der Waals surface area contributed by atoms with E-state index >= 15 is 0 Å². The Morgan fingerprint density at radius 2 is 1.90 bits per heavy atom. The predicted molar refractivity (Wildman–Crippen MR) is 80.5 cm³/mol. The van der Waals surface area contributed by atoms with E-state index in [9.17, 15) is 4.79 Å². The van der Waals surface area contributed by atoms with Gasteiger partial charge in [-0.1, -0.05) is 0 Å². The number of amides is 1. The summed E-state index contributed by atoms with van der Waals surface area (Å²) in [6.07, 6.45) is 9.63. The van der Waals surface area contributed by atoms with Gasteiger partial charge in [0.25, 0.3) is 5.91 Å². The van der Waals surface area contributed by atoms with Gasteiger partial charge in [-0.3, -0.25) is 9.89 Å². The lowest BCUT2D eigenvalue weighted by Crippen LogP contribution is -2.55. The molecule has 4 aliphatic rings. The van der Waals surface area contributed by atoms with Crippen LogP contribution in [0, 0.1) is 23.2 Å². The van der Waals surface area contributed by atoms with E-state index in [1.807, 2.05) is 0 Å². The molecule has 4 aliphatic carbocycles. The second-order valence-corrected chi connectivity index (χ2v) is 7.68. The number of nitrogens with zero attached hydrogens (tertiary/aromatic N) is 1. The number of carbonyl (C=O) groups excluding carboxylic acids is 1. The Morgan fingerprint density at radius 3 is 2.38 bits per heavy atom. The Kier molecular flexibility index (Phi) is 2.81. The van der Waals surface area contributed by atoms with E-state index in [0.29, 0.717) is 16.8 Å². The number of H-pyrrole nitrogens is 1. The highest BCUT2D eigenvalue weighted by atomic mass is 16.2. The van der Waals surface area contributed by atoms with Crippen molar-refractivity contribution in [2.45, 2.75) is 51.5 Å². The SMILES string of the molecule is CC(NC(=O)c1[nH]ncc1N)C12CC3CC(CC(C3)C1)C2. The normalized spacial score (nSPS) is 38.4. The third-order valence-corrected chi connectivity index (χ3v) is 6.25. The number of nitrogens with one attached hydrogen (secondary N) is 2. The quantitative estimate of drug-likeness (QED) is 0.798. The Morgan fingerprint density at radius 1 is 1.33 bits per heavy atom. The first kappa shape index (κ1) is 13.2. The number of hydrogen-bond donors (Lipinski definition) is 3. The standard InChI is InChI=1S/C16H24N4O/c1-9(19-15(21)14-13(17)8-18-20-14)16-5-10-2-11(6-16)4-12(3-10)7-16/h8-12H,2-7,17H2,1H3,(H,18,20)(H,19,21). The van der Waals surface area contributed by atoms with E-state index in [1.54, 1.807) is 0 Å². The minimum absolute atomic E-state index is 0.117. The van der Waals surface area contributed by atoms with E-state index in [4.69, 9.17) is 5.73 Å². The first-order valence-electron chi connectivity index (χ1n) is 8.15. The summed E-state index contributed by atoms with van der Waals surface area (Å²) < 4.78 is 0. The molecule has 0 radical (unpaired) electrons. The second kappa shape index (κ2) is 4.49. The van der Waals surface area contributed by atoms with Crippen molar-refractivity contribution >= 4 is 11.6 Å². The third kappa shape index (κ3) is 2.05. The van der Waals surface area contributed by atoms with Gasteiger partial charge in [0.05, 0.1) is 11.9 Å². The van der Waals surface area contributed by atoms with Gasteiger partial charge in [0.15, 0.2) is 0 Å². The lowest BCUT2D eigenvalue weighted by molar-refractivity contribution is -0.0688. The second-order valence-electron chi connectivity index (χ2n) is 7.68. The Balaban J connectivity index is 1.51. The van der Waals surface area contributed by atoms with E-state index in [-0.39, 0.29) is 11.9 Å². The fourth-order valence-electron chi connectivity index (χ4n) is 5.61. The Labute approximate surface area is 125 Å². The summed E-state index contributed by atoms with van der Waals surface area (Å²) in [5.74, 6) is 2.57. The van der Waals surface area contributed by atoms with Crippen LogP contribution in [0.3, 0.4) is 0 Å². The molecule has 1 amide bonds. The molecule has 4 N–H and O–H groups in total. The average Bonchev–Trinajstić information content (AvgIpc) is 2.83. The van der Waals surface area contributed by atoms with Crippen molar-refractivity contribution < 1.29 is 4.79 Å². The Bertz CT molecular complexity index is 529. The fourth-order valence-corrected chi connectivity index (χ4v) is 5.61. The van der Waals surface area contributed by atoms with Crippen molar-refractivity contribution in [2.75, 3.05) is 5.73 Å². The van der Waals surface area contributed by atoms with Crippen LogP contribution in [0.5, 0.6) is 0 Å². The lowest BCUT2D eigenvalue weighted by Gasteiger charge is -2.59. The molecular formula is C16H24N4O. The number of anilines is 1. The van der Waals surface area contributed by atoms with Gasteiger partial charge in [-0.2, -0.15) is 5.10 Å². The number of nitrogens with two attached hydrogens (primary N) is 1. The molecule has 0 aliphatic heterocycles. The van der Waals surface area contributed by atoms with Crippen molar-refractivity contribution in [3.63, 3.8) is 0 Å². The van der Waals surface area contributed by atoms with Crippen LogP contribution in [0.2, 0.25) is 0 Å². The number of nitrogen functional groups attached to an aromatic ring is 1. The van der Waals surface area contributed by atoms with Gasteiger partial charge < -0.3 is 11.1 Å². The lowest BCUT2D eigenvalue weighted by atomic mass is 9.48. The molecule has 21 heavy (non-hydrogen) atoms.